The number of nitrogens with zero attached hydrogens (tertiary/aromatic N) is 5. The first-order chi connectivity index (χ1) is 16.2. The van der Waals surface area contributed by atoms with Gasteiger partial charge in [-0.2, -0.15) is 12.0 Å². The maximum Gasteiger partial charge on any atom is 2.00 e. The van der Waals surface area contributed by atoms with E-state index in [-0.39, 0.29) is 34.4 Å². The first kappa shape index (κ1) is 30.7. The first-order valence-electron chi connectivity index (χ1n) is 12.1. The Kier molecular flexibility index (Phi) is 13.7. The summed E-state index contributed by atoms with van der Waals surface area (Å²) >= 11 is 0. The molecule has 0 aromatic carbocycles. The number of carbonyl (C=O) groups is 1. The number of piperidine rings is 2. The summed E-state index contributed by atoms with van der Waals surface area (Å²) in [7, 11) is 1.94. The molecule has 0 aliphatic carbocycles. The molecule has 35 heavy (non-hydrogen) atoms. The zero-order valence-corrected chi connectivity index (χ0v) is 24.6. The maximum atomic E-state index is 13.1. The van der Waals surface area contributed by atoms with Crippen molar-refractivity contribution >= 4 is 11.7 Å². The Balaban J connectivity index is 0.00000149. The zero-order valence-electron chi connectivity index (χ0n) is 21.7. The quantitative estimate of drug-likeness (QED) is 0.396. The molecule has 4 heterocycles. The summed E-state index contributed by atoms with van der Waals surface area (Å²) in [5.41, 5.74) is 2.08. The van der Waals surface area contributed by atoms with Crippen molar-refractivity contribution in [2.24, 2.45) is 5.92 Å². The second kappa shape index (κ2) is 15.7. The molecule has 2 aliphatic heterocycles. The van der Waals surface area contributed by atoms with E-state index in [1.165, 1.54) is 5.56 Å². The summed E-state index contributed by atoms with van der Waals surface area (Å²) < 4.78 is 2.08. The van der Waals surface area contributed by atoms with E-state index in [4.69, 9.17) is 0 Å². The van der Waals surface area contributed by atoms with Gasteiger partial charge in [0.2, 0.25) is 5.91 Å². The van der Waals surface area contributed by atoms with Crippen molar-refractivity contribution in [2.75, 3.05) is 38.1 Å². The van der Waals surface area contributed by atoms with Crippen LogP contribution in [-0.4, -0.2) is 58.8 Å². The van der Waals surface area contributed by atoms with Crippen LogP contribution in [0.25, 0.3) is 0 Å². The Labute approximate surface area is 226 Å². The molecule has 0 saturated carbocycles. The Hall–Kier alpha value is -2.29. The summed E-state index contributed by atoms with van der Waals surface area (Å²) in [6.45, 7) is 11.7. The average Bonchev–Trinajstić information content (AvgIpc) is 3.35. The fraction of sp³-hybridized carbons (Fsp3) is 0.519. The van der Waals surface area contributed by atoms with Gasteiger partial charge < -0.3 is 22.5 Å². The molecule has 0 atom stereocenters. The van der Waals surface area contributed by atoms with Crippen molar-refractivity contribution in [2.45, 2.75) is 52.1 Å². The van der Waals surface area contributed by atoms with Crippen LogP contribution in [-0.2, 0) is 32.4 Å². The van der Waals surface area contributed by atoms with Crippen LogP contribution in [0.15, 0.2) is 30.7 Å². The predicted molar refractivity (Wildman–Crippen MR) is 139 cm³/mol. The van der Waals surface area contributed by atoms with Crippen LogP contribution < -0.4 is 10.2 Å². The molecule has 0 radical (unpaired) electrons. The van der Waals surface area contributed by atoms with E-state index >= 15 is 0 Å². The molecule has 8 heteroatoms. The van der Waals surface area contributed by atoms with E-state index in [9.17, 15) is 4.79 Å². The number of nitrogens with one attached hydrogen (secondary N) is 1. The average molecular weight is 648 g/mol. The van der Waals surface area contributed by atoms with Gasteiger partial charge in [0, 0.05) is 56.6 Å². The molecular weight excluding hydrogens is 608 g/mol. The van der Waals surface area contributed by atoms with Gasteiger partial charge in [-0.1, -0.05) is 25.5 Å². The van der Waals surface area contributed by atoms with Crippen molar-refractivity contribution in [1.82, 2.24) is 25.0 Å². The Morgan fingerprint density at radius 2 is 1.80 bits per heavy atom. The first-order valence-corrected chi connectivity index (χ1v) is 12.1. The molecule has 0 spiro atoms. The van der Waals surface area contributed by atoms with Crippen LogP contribution in [0.4, 0.5) is 5.82 Å². The molecule has 2 aromatic rings. The zero-order chi connectivity index (χ0) is 23.6. The van der Waals surface area contributed by atoms with Gasteiger partial charge in [0.15, 0.2) is 0 Å². The number of carbonyl (C=O) groups excluding carboxylic acids is 1. The number of anilines is 1. The number of rotatable bonds is 5. The second-order valence-corrected chi connectivity index (χ2v) is 8.38. The van der Waals surface area contributed by atoms with E-state index in [1.807, 2.05) is 39.2 Å². The topological polar surface area (TPSA) is 66.3 Å². The van der Waals surface area contributed by atoms with Crippen LogP contribution >= 0.6 is 0 Å². The number of pyridine rings is 1. The van der Waals surface area contributed by atoms with Crippen LogP contribution in [0.1, 0.15) is 56.7 Å². The van der Waals surface area contributed by atoms with E-state index in [0.717, 1.165) is 69.8 Å². The Morgan fingerprint density at radius 3 is 2.37 bits per heavy atom. The monoisotopic (exact) mass is 648 g/mol. The van der Waals surface area contributed by atoms with Crippen LogP contribution in [0, 0.1) is 32.1 Å². The van der Waals surface area contributed by atoms with Gasteiger partial charge in [-0.15, -0.1) is 0 Å². The summed E-state index contributed by atoms with van der Waals surface area (Å²) in [5.74, 6) is 6.96. The summed E-state index contributed by atoms with van der Waals surface area (Å²) in [6, 6.07) is 4.37. The van der Waals surface area contributed by atoms with Crippen LogP contribution in [0.2, 0.25) is 0 Å². The number of hydrogen-bond acceptors (Lipinski definition) is 5. The second-order valence-electron chi connectivity index (χ2n) is 8.38. The normalized spacial score (nSPS) is 16.1. The molecule has 2 saturated heterocycles. The van der Waals surface area contributed by atoms with Gasteiger partial charge in [-0.25, -0.2) is 4.98 Å². The molecule has 2 fully saturated rings. The molecule has 1 N–H and O–H groups in total. The number of aromatic nitrogens is 3. The predicted octanol–water partition coefficient (Wildman–Crippen LogP) is 3.74. The van der Waals surface area contributed by atoms with Gasteiger partial charge in [-0.3, -0.25) is 21.3 Å². The van der Waals surface area contributed by atoms with Gasteiger partial charge in [0.1, 0.15) is 5.82 Å². The third kappa shape index (κ3) is 8.12. The maximum absolute atomic E-state index is 13.1. The summed E-state index contributed by atoms with van der Waals surface area (Å²) in [4.78, 5) is 21.9. The third-order valence-electron chi connectivity index (χ3n) is 6.33. The number of amides is 1. The van der Waals surface area contributed by atoms with E-state index in [2.05, 4.69) is 54.8 Å². The molecule has 0 unspecified atom stereocenters. The Bertz CT molecular complexity index is 933. The van der Waals surface area contributed by atoms with E-state index in [0.29, 0.717) is 11.9 Å². The van der Waals surface area contributed by atoms with Gasteiger partial charge in [0.05, 0.1) is 12.2 Å². The van der Waals surface area contributed by atoms with Crippen molar-refractivity contribution in [3.8, 4) is 11.8 Å². The summed E-state index contributed by atoms with van der Waals surface area (Å²) in [6.07, 6.45) is 9.55. The standard InChI is InChI=1S/C24H31N6O.C2H6.CH3.W/c1-3-4-19-5-6-23(26-16-19)28-11-7-21(8-12-28)24(31)29-13-9-22(10-14-29)30-18-20(15-25-2)17-27-30;1-2;;/h5-6,16-18,21-22,25H,1,7-15H2,2H3;1-2H3;1H3;/q-1;;-1;+2. The van der Waals surface area contributed by atoms with E-state index in [1.54, 1.807) is 6.20 Å². The number of likely N-dealkylation sites (tertiary alicyclic amines) is 1. The molecule has 190 valence electrons. The molecular formula is C27H40N6OW. The minimum absolute atomic E-state index is 0. The van der Waals surface area contributed by atoms with Crippen molar-refractivity contribution in [3.63, 3.8) is 0 Å². The summed E-state index contributed by atoms with van der Waals surface area (Å²) in [5, 5.41) is 7.68. The minimum Gasteiger partial charge on any atom is -0.358 e. The molecule has 0 bridgehead atoms. The fourth-order valence-electron chi connectivity index (χ4n) is 4.59. The molecule has 4 rings (SSSR count). The van der Waals surface area contributed by atoms with E-state index < -0.39 is 0 Å². The fourth-order valence-corrected chi connectivity index (χ4v) is 4.59. The molecule has 2 aromatic heterocycles. The van der Waals surface area contributed by atoms with Crippen molar-refractivity contribution in [3.05, 3.63) is 56.2 Å². The molecule has 2 aliphatic rings. The minimum atomic E-state index is 0. The smallest absolute Gasteiger partial charge is 0.358 e. The number of hydrogen-bond donors (Lipinski definition) is 1. The third-order valence-corrected chi connectivity index (χ3v) is 6.33. The van der Waals surface area contributed by atoms with Gasteiger partial charge in [-0.05, 0) is 38.8 Å². The van der Waals surface area contributed by atoms with Crippen LogP contribution in [0.5, 0.6) is 0 Å². The largest absolute Gasteiger partial charge is 2.00 e. The molecule has 7 nitrogen and oxygen atoms in total. The van der Waals surface area contributed by atoms with Gasteiger partial charge in [0.25, 0.3) is 0 Å². The Morgan fingerprint density at radius 1 is 1.11 bits per heavy atom. The van der Waals surface area contributed by atoms with Crippen LogP contribution in [0.3, 0.4) is 0 Å². The SMILES string of the molecule is CC.[CH2-]C#Cc1ccc(N2CCC(C(=O)N3CCC(n4cc(CNC)cn4)CC3)CC2)nc1.[CH3-].[W+2]. The molecule has 1 amide bonds. The van der Waals surface area contributed by atoms with Gasteiger partial charge >= 0.3 is 21.1 Å². The van der Waals surface area contributed by atoms with Crippen molar-refractivity contribution in [1.29, 1.82) is 0 Å². The van der Waals surface area contributed by atoms with Crippen molar-refractivity contribution < 1.29 is 25.9 Å².